The fraction of sp³-hybridized carbons (Fsp3) is 0.0370. The van der Waals surface area contributed by atoms with Gasteiger partial charge in [-0.1, -0.05) is 36.4 Å². The van der Waals surface area contributed by atoms with Crippen LogP contribution in [-0.4, -0.2) is 30.8 Å². The monoisotopic (exact) mass is 527 g/mol. The number of aromatic amines is 1. The van der Waals surface area contributed by atoms with E-state index in [-0.39, 0.29) is 9.79 Å². The Kier molecular flexibility index (Phi) is 4.52. The van der Waals surface area contributed by atoms with Crippen molar-refractivity contribution in [2.75, 3.05) is 0 Å². The topological polar surface area (TPSA) is 106 Å². The molecule has 8 nitrogen and oxygen atoms in total. The molecule has 10 heteroatoms. The highest BCUT2D eigenvalue weighted by atomic mass is 32.2. The first-order chi connectivity index (χ1) is 17.8. The number of imidazole rings is 2. The highest BCUT2D eigenvalue weighted by Gasteiger charge is 2.29. The van der Waals surface area contributed by atoms with Crippen molar-refractivity contribution >= 4 is 42.1 Å². The van der Waals surface area contributed by atoms with E-state index in [4.69, 9.17) is 0 Å². The molecule has 0 fully saturated rings. The Balaban J connectivity index is 1.27. The van der Waals surface area contributed by atoms with Crippen molar-refractivity contribution in [3.05, 3.63) is 109 Å². The van der Waals surface area contributed by atoms with E-state index in [1.807, 2.05) is 18.2 Å². The van der Waals surface area contributed by atoms with Crippen LogP contribution in [0.15, 0.2) is 107 Å². The van der Waals surface area contributed by atoms with Gasteiger partial charge in [-0.05, 0) is 77.2 Å². The Morgan fingerprint density at radius 2 is 1.46 bits per heavy atom. The SMILES string of the molecule is O=S(=O)(c1ccc2c(c1)Cc1cc(S(=O)(=O)[n+]3c[nH]c4ccccc43)ccc1-2)n1cnc2ccccc21. The molecule has 2 aromatic heterocycles. The maximum Gasteiger partial charge on any atom is 0.335 e. The van der Waals surface area contributed by atoms with Gasteiger partial charge in [-0.15, -0.1) is 3.97 Å². The number of nitrogens with zero attached hydrogens (tertiary/aromatic N) is 3. The van der Waals surface area contributed by atoms with E-state index in [9.17, 15) is 16.8 Å². The van der Waals surface area contributed by atoms with E-state index < -0.39 is 20.0 Å². The van der Waals surface area contributed by atoms with Crippen LogP contribution in [0.25, 0.3) is 33.2 Å². The minimum absolute atomic E-state index is 0.157. The molecule has 1 N–H and O–H groups in total. The predicted molar refractivity (Wildman–Crippen MR) is 138 cm³/mol. The summed E-state index contributed by atoms with van der Waals surface area (Å²) in [4.78, 5) is 7.53. The van der Waals surface area contributed by atoms with Gasteiger partial charge in [-0.25, -0.2) is 22.4 Å². The van der Waals surface area contributed by atoms with Crippen molar-refractivity contribution in [1.29, 1.82) is 0 Å². The first-order valence-corrected chi connectivity index (χ1v) is 14.4. The van der Waals surface area contributed by atoms with Gasteiger partial charge < -0.3 is 0 Å². The molecule has 2 heterocycles. The smallest absolute Gasteiger partial charge is 0.242 e. The molecule has 0 radical (unpaired) electrons. The van der Waals surface area contributed by atoms with E-state index in [0.717, 1.165) is 27.8 Å². The predicted octanol–water partition coefficient (Wildman–Crippen LogP) is 3.85. The van der Waals surface area contributed by atoms with Crippen LogP contribution in [0.1, 0.15) is 11.1 Å². The first kappa shape index (κ1) is 22.0. The van der Waals surface area contributed by atoms with Gasteiger partial charge in [0.15, 0.2) is 11.0 Å². The Morgan fingerprint density at radius 3 is 2.27 bits per heavy atom. The molecular weight excluding hydrogens is 508 g/mol. The second kappa shape index (κ2) is 7.61. The number of hydrogen-bond acceptors (Lipinski definition) is 5. The third kappa shape index (κ3) is 3.19. The molecule has 0 amide bonds. The highest BCUT2D eigenvalue weighted by Crippen LogP contribution is 2.39. The number of nitrogens with one attached hydrogen (secondary N) is 1. The van der Waals surface area contributed by atoms with Crippen LogP contribution >= 0.6 is 0 Å². The van der Waals surface area contributed by atoms with Gasteiger partial charge in [0.05, 0.1) is 15.9 Å². The molecule has 0 saturated heterocycles. The van der Waals surface area contributed by atoms with E-state index in [1.165, 1.54) is 20.6 Å². The summed E-state index contributed by atoms with van der Waals surface area (Å²) >= 11 is 0. The third-order valence-electron chi connectivity index (χ3n) is 6.84. The van der Waals surface area contributed by atoms with Crippen LogP contribution in [0.4, 0.5) is 0 Å². The summed E-state index contributed by atoms with van der Waals surface area (Å²) in [7, 11) is -7.70. The largest absolute Gasteiger partial charge is 0.335 e. The summed E-state index contributed by atoms with van der Waals surface area (Å²) in [6.07, 6.45) is 3.20. The van der Waals surface area contributed by atoms with Crippen LogP contribution in [0.5, 0.6) is 0 Å². The zero-order chi connectivity index (χ0) is 25.4. The molecule has 1 aliphatic rings. The molecule has 0 atom stereocenters. The number of aromatic nitrogens is 4. The van der Waals surface area contributed by atoms with E-state index in [1.54, 1.807) is 66.7 Å². The molecule has 6 aromatic rings. The van der Waals surface area contributed by atoms with Gasteiger partial charge in [-0.2, -0.15) is 8.42 Å². The summed E-state index contributed by atoms with van der Waals surface area (Å²) in [6.45, 7) is 0. The number of benzene rings is 4. The van der Waals surface area contributed by atoms with Crippen molar-refractivity contribution in [2.45, 2.75) is 16.2 Å². The van der Waals surface area contributed by atoms with Crippen molar-refractivity contribution in [2.24, 2.45) is 0 Å². The summed E-state index contributed by atoms with van der Waals surface area (Å²) in [6, 6.07) is 24.4. The van der Waals surface area contributed by atoms with Gasteiger partial charge in [0, 0.05) is 0 Å². The Hall–Kier alpha value is -4.28. The quantitative estimate of drug-likeness (QED) is 0.350. The molecule has 7 rings (SSSR count). The maximum absolute atomic E-state index is 13.5. The number of hydrogen-bond donors (Lipinski definition) is 1. The van der Waals surface area contributed by atoms with Crippen LogP contribution < -0.4 is 3.97 Å². The zero-order valence-electron chi connectivity index (χ0n) is 19.2. The third-order valence-corrected chi connectivity index (χ3v) is 10.2. The van der Waals surface area contributed by atoms with Crippen LogP contribution in [0, 0.1) is 0 Å². The van der Waals surface area contributed by atoms with Crippen LogP contribution in [-0.2, 0) is 26.5 Å². The van der Waals surface area contributed by atoms with Gasteiger partial charge >= 0.3 is 10.0 Å². The molecule has 37 heavy (non-hydrogen) atoms. The fourth-order valence-electron chi connectivity index (χ4n) is 5.02. The molecule has 0 saturated carbocycles. The number of fused-ring (bicyclic) bond motifs is 5. The van der Waals surface area contributed by atoms with Gasteiger partial charge in [0.2, 0.25) is 0 Å². The summed E-state index contributed by atoms with van der Waals surface area (Å²) < 4.78 is 56.2. The van der Waals surface area contributed by atoms with Crippen molar-refractivity contribution in [3.63, 3.8) is 0 Å². The van der Waals surface area contributed by atoms with E-state index in [2.05, 4.69) is 9.97 Å². The summed E-state index contributed by atoms with van der Waals surface area (Å²) in [5.41, 5.74) is 5.85. The second-order valence-electron chi connectivity index (χ2n) is 8.94. The minimum atomic E-state index is -3.86. The highest BCUT2D eigenvalue weighted by molar-refractivity contribution is 7.90. The maximum atomic E-state index is 13.5. The lowest BCUT2D eigenvalue weighted by atomic mass is 10.1. The zero-order valence-corrected chi connectivity index (χ0v) is 20.9. The Morgan fingerprint density at radius 1 is 0.784 bits per heavy atom. The fourth-order valence-corrected chi connectivity index (χ4v) is 7.73. The van der Waals surface area contributed by atoms with Gasteiger partial charge in [0.1, 0.15) is 11.2 Å². The Labute approximate surface area is 212 Å². The Bertz CT molecular complexity index is 1960. The lowest BCUT2D eigenvalue weighted by Crippen LogP contribution is -2.41. The van der Waals surface area contributed by atoms with E-state index >= 15 is 0 Å². The molecule has 0 aliphatic heterocycles. The summed E-state index contributed by atoms with van der Waals surface area (Å²) in [5, 5.41) is 0. The number of rotatable bonds is 4. The minimum Gasteiger partial charge on any atom is -0.242 e. The molecule has 0 bridgehead atoms. The van der Waals surface area contributed by atoms with Gasteiger partial charge in [-0.3, -0.25) is 0 Å². The average Bonchev–Trinajstić information content (AvgIpc) is 3.63. The molecule has 182 valence electrons. The molecule has 1 aliphatic carbocycles. The normalized spacial score (nSPS) is 13.2. The lowest BCUT2D eigenvalue weighted by molar-refractivity contribution is -0.480. The molecule has 0 unspecified atom stereocenters. The van der Waals surface area contributed by atoms with Crippen molar-refractivity contribution in [3.8, 4) is 11.1 Å². The first-order valence-electron chi connectivity index (χ1n) is 11.5. The molecule has 0 spiro atoms. The van der Waals surface area contributed by atoms with E-state index in [0.29, 0.717) is 23.0 Å². The second-order valence-corrected chi connectivity index (χ2v) is 12.6. The number of para-hydroxylation sites is 4. The standard InChI is InChI=1S/C27H18N4O4S2/c32-36(33,30-16-28-24-5-1-3-7-26(24)30)20-9-11-22-18(14-20)13-19-15-21(10-12-23(19)22)37(34,35)31-17-29-25-6-2-4-8-27(25)31/h1-12,14-17H,13H2/p+1. The van der Waals surface area contributed by atoms with Crippen LogP contribution in [0.2, 0.25) is 0 Å². The average molecular weight is 528 g/mol. The summed E-state index contributed by atoms with van der Waals surface area (Å²) in [5.74, 6) is 0. The van der Waals surface area contributed by atoms with Crippen molar-refractivity contribution < 1.29 is 20.8 Å². The van der Waals surface area contributed by atoms with Gasteiger partial charge in [0.25, 0.3) is 16.4 Å². The molecular formula is C27H19N4O4S2+. The molecule has 4 aromatic carbocycles. The number of H-pyrrole nitrogens is 1. The lowest BCUT2D eigenvalue weighted by Gasteiger charge is -2.09. The van der Waals surface area contributed by atoms with Crippen molar-refractivity contribution in [1.82, 2.24) is 13.9 Å². The van der Waals surface area contributed by atoms with Crippen LogP contribution in [0.3, 0.4) is 0 Å².